The summed E-state index contributed by atoms with van der Waals surface area (Å²) >= 11 is 0. The second kappa shape index (κ2) is 8.59. The smallest absolute Gasteiger partial charge is 0.251 e. The van der Waals surface area contributed by atoms with Gasteiger partial charge in [0.25, 0.3) is 5.91 Å². The van der Waals surface area contributed by atoms with E-state index in [9.17, 15) is 14.0 Å². The van der Waals surface area contributed by atoms with Crippen LogP contribution in [0.25, 0.3) is 0 Å². The van der Waals surface area contributed by atoms with Crippen molar-refractivity contribution in [2.24, 2.45) is 5.73 Å². The van der Waals surface area contributed by atoms with Crippen LogP contribution in [-0.2, 0) is 4.79 Å². The third kappa shape index (κ3) is 7.06. The fourth-order valence-electron chi connectivity index (χ4n) is 1.42. The molecule has 2 amide bonds. The Labute approximate surface area is 129 Å². The van der Waals surface area contributed by atoms with Crippen LogP contribution in [0.15, 0.2) is 24.3 Å². The topological polar surface area (TPSA) is 84.2 Å². The first-order chi connectivity index (χ1) is 9.30. The Kier molecular flexibility index (Phi) is 7.91. The molecule has 0 spiro atoms. The van der Waals surface area contributed by atoms with Crippen LogP contribution in [0.4, 0.5) is 4.39 Å². The Bertz CT molecular complexity index is 472. The van der Waals surface area contributed by atoms with Crippen molar-refractivity contribution in [3.05, 3.63) is 35.6 Å². The van der Waals surface area contributed by atoms with Crippen molar-refractivity contribution in [3.8, 4) is 0 Å². The molecular formula is C14H21ClFN3O2. The van der Waals surface area contributed by atoms with E-state index < -0.39 is 5.54 Å². The first kappa shape index (κ1) is 19.3. The summed E-state index contributed by atoms with van der Waals surface area (Å²) in [6.45, 7) is 4.10. The Morgan fingerprint density at radius 3 is 2.19 bits per heavy atom. The predicted octanol–water partition coefficient (Wildman–Crippen LogP) is 1.22. The normalized spacial score (nSPS) is 10.5. The third-order valence-electron chi connectivity index (χ3n) is 2.62. The lowest BCUT2D eigenvalue weighted by Crippen LogP contribution is -2.49. The Morgan fingerprint density at radius 1 is 1.14 bits per heavy atom. The largest absolute Gasteiger partial charge is 0.354 e. The number of hydrogen-bond acceptors (Lipinski definition) is 3. The van der Waals surface area contributed by atoms with Gasteiger partial charge in [-0.15, -0.1) is 12.4 Å². The van der Waals surface area contributed by atoms with Gasteiger partial charge in [-0.05, 0) is 44.5 Å². The highest BCUT2D eigenvalue weighted by atomic mass is 35.5. The van der Waals surface area contributed by atoms with Gasteiger partial charge in [-0.25, -0.2) is 4.39 Å². The summed E-state index contributed by atoms with van der Waals surface area (Å²) in [6, 6.07) is 5.31. The van der Waals surface area contributed by atoms with E-state index in [1.54, 1.807) is 13.8 Å². The highest BCUT2D eigenvalue weighted by Gasteiger charge is 2.20. The summed E-state index contributed by atoms with van der Waals surface area (Å²) in [5, 5.41) is 5.37. The number of nitrogens with two attached hydrogens (primary N) is 1. The first-order valence-corrected chi connectivity index (χ1v) is 6.41. The third-order valence-corrected chi connectivity index (χ3v) is 2.62. The van der Waals surface area contributed by atoms with Crippen molar-refractivity contribution in [1.29, 1.82) is 0 Å². The average molecular weight is 318 g/mol. The van der Waals surface area contributed by atoms with Crippen LogP contribution in [0.1, 0.15) is 30.6 Å². The van der Waals surface area contributed by atoms with Crippen molar-refractivity contribution in [2.75, 3.05) is 13.1 Å². The van der Waals surface area contributed by atoms with E-state index in [1.807, 2.05) is 0 Å². The van der Waals surface area contributed by atoms with E-state index in [1.165, 1.54) is 24.3 Å². The molecule has 5 nitrogen and oxygen atoms in total. The van der Waals surface area contributed by atoms with E-state index in [2.05, 4.69) is 10.6 Å². The molecule has 118 valence electrons. The van der Waals surface area contributed by atoms with Crippen LogP contribution in [0.2, 0.25) is 0 Å². The molecule has 21 heavy (non-hydrogen) atoms. The summed E-state index contributed by atoms with van der Waals surface area (Å²) in [6.07, 6.45) is 0.592. The number of halogens is 2. The van der Waals surface area contributed by atoms with Gasteiger partial charge in [0.1, 0.15) is 5.82 Å². The molecule has 0 aliphatic rings. The molecule has 0 fully saturated rings. The van der Waals surface area contributed by atoms with E-state index in [-0.39, 0.29) is 30.0 Å². The SMILES string of the molecule is CC(C)(N)C(=O)NCCCNC(=O)c1ccc(F)cc1.Cl. The minimum atomic E-state index is -0.905. The van der Waals surface area contributed by atoms with Gasteiger partial charge in [0.15, 0.2) is 0 Å². The highest BCUT2D eigenvalue weighted by Crippen LogP contribution is 2.02. The molecule has 0 radical (unpaired) electrons. The van der Waals surface area contributed by atoms with Gasteiger partial charge >= 0.3 is 0 Å². The van der Waals surface area contributed by atoms with Crippen LogP contribution in [0, 0.1) is 5.82 Å². The number of carbonyl (C=O) groups excluding carboxylic acids is 2. The Hall–Kier alpha value is -1.66. The molecule has 0 atom stereocenters. The molecule has 0 saturated heterocycles. The van der Waals surface area contributed by atoms with Crippen molar-refractivity contribution in [1.82, 2.24) is 10.6 Å². The maximum absolute atomic E-state index is 12.7. The van der Waals surface area contributed by atoms with Gasteiger partial charge in [0.2, 0.25) is 5.91 Å². The average Bonchev–Trinajstić information content (AvgIpc) is 2.37. The second-order valence-electron chi connectivity index (χ2n) is 5.09. The highest BCUT2D eigenvalue weighted by molar-refractivity contribution is 5.94. The number of hydrogen-bond donors (Lipinski definition) is 3. The predicted molar refractivity (Wildman–Crippen MR) is 81.9 cm³/mol. The molecule has 0 aromatic heterocycles. The lowest BCUT2D eigenvalue weighted by Gasteiger charge is -2.17. The van der Waals surface area contributed by atoms with E-state index >= 15 is 0 Å². The fourth-order valence-corrected chi connectivity index (χ4v) is 1.42. The van der Waals surface area contributed by atoms with Crippen LogP contribution in [0.5, 0.6) is 0 Å². The Morgan fingerprint density at radius 2 is 1.67 bits per heavy atom. The van der Waals surface area contributed by atoms with Crippen LogP contribution in [-0.4, -0.2) is 30.4 Å². The summed E-state index contributed by atoms with van der Waals surface area (Å²) < 4.78 is 12.7. The minimum Gasteiger partial charge on any atom is -0.354 e. The van der Waals surface area contributed by atoms with Crippen molar-refractivity contribution >= 4 is 24.2 Å². The van der Waals surface area contributed by atoms with Crippen LogP contribution < -0.4 is 16.4 Å². The van der Waals surface area contributed by atoms with Gasteiger partial charge < -0.3 is 16.4 Å². The Balaban J connectivity index is 0.00000400. The van der Waals surface area contributed by atoms with Gasteiger partial charge in [-0.3, -0.25) is 9.59 Å². The molecule has 0 aliphatic heterocycles. The van der Waals surface area contributed by atoms with Gasteiger partial charge in [0, 0.05) is 18.7 Å². The number of benzene rings is 1. The lowest BCUT2D eigenvalue weighted by molar-refractivity contribution is -0.125. The van der Waals surface area contributed by atoms with Crippen LogP contribution in [0.3, 0.4) is 0 Å². The van der Waals surface area contributed by atoms with Crippen molar-refractivity contribution in [3.63, 3.8) is 0 Å². The molecule has 1 aromatic carbocycles. The van der Waals surface area contributed by atoms with Gasteiger partial charge in [0.05, 0.1) is 5.54 Å². The number of amides is 2. The molecule has 0 unspecified atom stereocenters. The molecule has 0 aliphatic carbocycles. The monoisotopic (exact) mass is 317 g/mol. The van der Waals surface area contributed by atoms with Gasteiger partial charge in [-0.1, -0.05) is 0 Å². The van der Waals surface area contributed by atoms with E-state index in [0.717, 1.165) is 0 Å². The first-order valence-electron chi connectivity index (χ1n) is 6.41. The lowest BCUT2D eigenvalue weighted by atomic mass is 10.1. The molecule has 1 aromatic rings. The summed E-state index contributed by atoms with van der Waals surface area (Å²) in [4.78, 5) is 23.1. The molecule has 4 N–H and O–H groups in total. The number of carbonyl (C=O) groups is 2. The van der Waals surface area contributed by atoms with E-state index in [4.69, 9.17) is 5.73 Å². The fraction of sp³-hybridized carbons (Fsp3) is 0.429. The standard InChI is InChI=1S/C14H20FN3O2.ClH/c1-14(2,16)13(20)18-9-3-8-17-12(19)10-4-6-11(15)7-5-10;/h4-7H,3,8-9,16H2,1-2H3,(H,17,19)(H,18,20);1H. The summed E-state index contributed by atoms with van der Waals surface area (Å²) in [5.41, 5.74) is 5.11. The van der Waals surface area contributed by atoms with Crippen molar-refractivity contribution in [2.45, 2.75) is 25.8 Å². The van der Waals surface area contributed by atoms with Gasteiger partial charge in [-0.2, -0.15) is 0 Å². The molecular weight excluding hydrogens is 297 g/mol. The number of nitrogens with one attached hydrogen (secondary N) is 2. The van der Waals surface area contributed by atoms with E-state index in [0.29, 0.717) is 25.1 Å². The number of rotatable bonds is 6. The maximum atomic E-state index is 12.7. The molecule has 0 saturated carbocycles. The minimum absolute atomic E-state index is 0. The zero-order valence-corrected chi connectivity index (χ0v) is 12.9. The maximum Gasteiger partial charge on any atom is 0.251 e. The summed E-state index contributed by atoms with van der Waals surface area (Å²) in [5.74, 6) is -0.883. The molecule has 7 heteroatoms. The zero-order chi connectivity index (χ0) is 15.2. The molecule has 1 rings (SSSR count). The molecule has 0 bridgehead atoms. The van der Waals surface area contributed by atoms with Crippen LogP contribution >= 0.6 is 12.4 Å². The summed E-state index contributed by atoms with van der Waals surface area (Å²) in [7, 11) is 0. The van der Waals surface area contributed by atoms with Crippen molar-refractivity contribution < 1.29 is 14.0 Å². The zero-order valence-electron chi connectivity index (χ0n) is 12.1. The molecule has 0 heterocycles. The quantitative estimate of drug-likeness (QED) is 0.690. The second-order valence-corrected chi connectivity index (χ2v) is 5.09.